The Morgan fingerprint density at radius 3 is 2.46 bits per heavy atom. The fourth-order valence-corrected chi connectivity index (χ4v) is 4.30. The van der Waals surface area contributed by atoms with E-state index in [-0.39, 0.29) is 5.91 Å². The first-order valence-corrected chi connectivity index (χ1v) is 11.4. The van der Waals surface area contributed by atoms with E-state index in [0.29, 0.717) is 23.0 Å². The smallest absolute Gasteiger partial charge is 0.274 e. The van der Waals surface area contributed by atoms with Gasteiger partial charge >= 0.3 is 0 Å². The van der Waals surface area contributed by atoms with Gasteiger partial charge in [0.1, 0.15) is 11.5 Å². The number of benzene rings is 2. The van der Waals surface area contributed by atoms with Crippen LogP contribution in [0.5, 0.6) is 0 Å². The van der Waals surface area contributed by atoms with E-state index in [4.69, 9.17) is 5.73 Å². The lowest BCUT2D eigenvalue weighted by atomic mass is 10.0. The minimum absolute atomic E-state index is 0.281. The van der Waals surface area contributed by atoms with Crippen molar-refractivity contribution in [3.05, 3.63) is 95.1 Å². The summed E-state index contributed by atoms with van der Waals surface area (Å²) in [5.41, 5.74) is 13.0. The van der Waals surface area contributed by atoms with Gasteiger partial charge in [0, 0.05) is 28.5 Å². The van der Waals surface area contributed by atoms with Crippen molar-refractivity contribution in [2.24, 2.45) is 0 Å². The SMILES string of the molecule is Cc1cc2cc(C)c(NC(=O)c3cc(C)nn3-c3ccc(-c4ccccc4C)cn3)cc2c(N)n1. The molecular formula is C28H26N6O. The second kappa shape index (κ2) is 8.68. The number of nitrogens with two attached hydrogens (primary N) is 1. The zero-order chi connectivity index (χ0) is 24.7. The van der Waals surface area contributed by atoms with Crippen molar-refractivity contribution in [3.8, 4) is 16.9 Å². The average molecular weight is 463 g/mol. The first-order chi connectivity index (χ1) is 16.8. The maximum absolute atomic E-state index is 13.3. The number of hydrogen-bond donors (Lipinski definition) is 2. The number of carbonyl (C=O) groups is 1. The molecule has 0 bridgehead atoms. The maximum Gasteiger partial charge on any atom is 0.274 e. The highest BCUT2D eigenvalue weighted by molar-refractivity contribution is 6.06. The minimum atomic E-state index is -0.281. The van der Waals surface area contributed by atoms with Crippen molar-refractivity contribution < 1.29 is 4.79 Å². The van der Waals surface area contributed by atoms with Crippen molar-refractivity contribution in [1.82, 2.24) is 19.7 Å². The van der Waals surface area contributed by atoms with E-state index in [1.807, 2.05) is 69.4 Å². The van der Waals surface area contributed by atoms with Crippen molar-refractivity contribution in [2.45, 2.75) is 27.7 Å². The zero-order valence-electron chi connectivity index (χ0n) is 20.1. The number of amides is 1. The molecule has 0 aliphatic rings. The number of anilines is 2. The fraction of sp³-hybridized carbons (Fsp3) is 0.143. The second-order valence-electron chi connectivity index (χ2n) is 8.79. The van der Waals surface area contributed by atoms with E-state index >= 15 is 0 Å². The molecular weight excluding hydrogens is 436 g/mol. The highest BCUT2D eigenvalue weighted by Crippen LogP contribution is 2.28. The molecule has 0 atom stereocenters. The molecule has 0 unspecified atom stereocenters. The highest BCUT2D eigenvalue weighted by atomic mass is 16.2. The summed E-state index contributed by atoms with van der Waals surface area (Å²) in [5, 5.41) is 9.33. The number of carbonyl (C=O) groups excluding carboxylic acids is 1. The summed E-state index contributed by atoms with van der Waals surface area (Å²) < 4.78 is 1.57. The molecule has 174 valence electrons. The maximum atomic E-state index is 13.3. The molecule has 7 nitrogen and oxygen atoms in total. The molecule has 5 rings (SSSR count). The largest absolute Gasteiger partial charge is 0.383 e. The molecule has 5 aromatic rings. The number of aromatic nitrogens is 4. The molecule has 1 amide bonds. The standard InChI is InChI=1S/C28H26N6O/c1-16-7-5-6-8-22(16)20-9-10-26(30-15-20)34-25(13-19(4)33-34)28(35)32-24-14-23-21(11-17(24)2)12-18(3)31-27(23)29/h5-15H,1-4H3,(H2,29,31)(H,32,35). The van der Waals surface area contributed by atoms with Gasteiger partial charge in [-0.15, -0.1) is 0 Å². The molecule has 0 aliphatic carbocycles. The summed E-state index contributed by atoms with van der Waals surface area (Å²) >= 11 is 0. The van der Waals surface area contributed by atoms with Crippen molar-refractivity contribution in [2.75, 3.05) is 11.1 Å². The van der Waals surface area contributed by atoms with Crippen molar-refractivity contribution in [3.63, 3.8) is 0 Å². The first-order valence-electron chi connectivity index (χ1n) is 11.4. The summed E-state index contributed by atoms with van der Waals surface area (Å²) in [7, 11) is 0. The third kappa shape index (κ3) is 4.24. The van der Waals surface area contributed by atoms with Gasteiger partial charge in [-0.3, -0.25) is 4.79 Å². The van der Waals surface area contributed by atoms with E-state index < -0.39 is 0 Å². The molecule has 3 aromatic heterocycles. The first kappa shape index (κ1) is 22.3. The van der Waals surface area contributed by atoms with Crippen LogP contribution in [-0.4, -0.2) is 25.7 Å². The van der Waals surface area contributed by atoms with Crippen molar-refractivity contribution >= 4 is 28.2 Å². The zero-order valence-corrected chi connectivity index (χ0v) is 20.1. The van der Waals surface area contributed by atoms with Crippen LogP contribution < -0.4 is 11.1 Å². The summed E-state index contributed by atoms with van der Waals surface area (Å²) in [4.78, 5) is 22.3. The Hall–Kier alpha value is -4.52. The van der Waals surface area contributed by atoms with Gasteiger partial charge in [-0.05, 0) is 86.2 Å². The quantitative estimate of drug-likeness (QED) is 0.365. The van der Waals surface area contributed by atoms with E-state index in [0.717, 1.165) is 38.9 Å². The van der Waals surface area contributed by atoms with Gasteiger partial charge in [0.05, 0.1) is 5.69 Å². The van der Waals surface area contributed by atoms with Crippen LogP contribution in [0.4, 0.5) is 11.5 Å². The molecule has 0 radical (unpaired) electrons. The fourth-order valence-electron chi connectivity index (χ4n) is 4.30. The third-order valence-electron chi connectivity index (χ3n) is 6.07. The molecule has 7 heteroatoms. The molecule has 0 saturated heterocycles. The van der Waals surface area contributed by atoms with E-state index in [1.165, 1.54) is 5.56 Å². The number of hydrogen-bond acceptors (Lipinski definition) is 5. The van der Waals surface area contributed by atoms with Gasteiger partial charge in [-0.2, -0.15) is 5.10 Å². The van der Waals surface area contributed by atoms with Crippen LogP contribution in [-0.2, 0) is 0 Å². The molecule has 0 saturated carbocycles. The highest BCUT2D eigenvalue weighted by Gasteiger charge is 2.18. The van der Waals surface area contributed by atoms with Gasteiger partial charge in [0.2, 0.25) is 0 Å². The van der Waals surface area contributed by atoms with Crippen molar-refractivity contribution in [1.29, 1.82) is 0 Å². The Balaban J connectivity index is 1.47. The molecule has 3 N–H and O–H groups in total. The normalized spacial score (nSPS) is 11.1. The van der Waals surface area contributed by atoms with Crippen LogP contribution in [0, 0.1) is 27.7 Å². The van der Waals surface area contributed by atoms with Crippen LogP contribution in [0.25, 0.3) is 27.7 Å². The number of nitrogens with one attached hydrogen (secondary N) is 1. The molecule has 0 aliphatic heterocycles. The summed E-state index contributed by atoms with van der Waals surface area (Å²) in [6.07, 6.45) is 1.81. The predicted molar refractivity (Wildman–Crippen MR) is 140 cm³/mol. The monoisotopic (exact) mass is 462 g/mol. The average Bonchev–Trinajstić information content (AvgIpc) is 3.22. The lowest BCUT2D eigenvalue weighted by Gasteiger charge is -2.13. The third-order valence-corrected chi connectivity index (χ3v) is 6.07. The van der Waals surface area contributed by atoms with E-state index in [1.54, 1.807) is 10.7 Å². The summed E-state index contributed by atoms with van der Waals surface area (Å²) in [6, 6.07) is 19.6. The number of aryl methyl sites for hydroxylation is 4. The van der Waals surface area contributed by atoms with Gasteiger partial charge in [-0.1, -0.05) is 24.3 Å². The second-order valence-corrected chi connectivity index (χ2v) is 8.79. The molecule has 0 spiro atoms. The van der Waals surface area contributed by atoms with E-state index in [9.17, 15) is 4.79 Å². The molecule has 3 heterocycles. The van der Waals surface area contributed by atoms with Gasteiger partial charge in [-0.25, -0.2) is 14.6 Å². The number of fused-ring (bicyclic) bond motifs is 1. The number of pyridine rings is 2. The predicted octanol–water partition coefficient (Wildman–Crippen LogP) is 5.55. The summed E-state index contributed by atoms with van der Waals surface area (Å²) in [6.45, 7) is 7.79. The number of nitrogens with zero attached hydrogens (tertiary/aromatic N) is 4. The molecule has 0 fully saturated rings. The lowest BCUT2D eigenvalue weighted by molar-refractivity contribution is 0.101. The Morgan fingerprint density at radius 2 is 1.71 bits per heavy atom. The van der Waals surface area contributed by atoms with E-state index in [2.05, 4.69) is 39.4 Å². The van der Waals surface area contributed by atoms with Gasteiger partial charge in [0.15, 0.2) is 5.82 Å². The van der Waals surface area contributed by atoms with Crippen LogP contribution in [0.2, 0.25) is 0 Å². The Labute approximate surface area is 203 Å². The number of rotatable bonds is 4. The molecule has 35 heavy (non-hydrogen) atoms. The van der Waals surface area contributed by atoms with Crippen LogP contribution in [0.1, 0.15) is 33.0 Å². The number of nitrogen functional groups attached to an aromatic ring is 1. The lowest BCUT2D eigenvalue weighted by Crippen LogP contribution is -2.18. The van der Waals surface area contributed by atoms with Crippen LogP contribution in [0.15, 0.2) is 66.9 Å². The van der Waals surface area contributed by atoms with Crippen LogP contribution >= 0.6 is 0 Å². The summed E-state index contributed by atoms with van der Waals surface area (Å²) in [5.74, 6) is 0.727. The van der Waals surface area contributed by atoms with Crippen LogP contribution in [0.3, 0.4) is 0 Å². The topological polar surface area (TPSA) is 98.7 Å². The molecule has 2 aromatic carbocycles. The van der Waals surface area contributed by atoms with Gasteiger partial charge < -0.3 is 11.1 Å². The Kier molecular flexibility index (Phi) is 5.53. The van der Waals surface area contributed by atoms with Gasteiger partial charge in [0.25, 0.3) is 5.91 Å². The Bertz CT molecular complexity index is 1580. The minimum Gasteiger partial charge on any atom is -0.383 e. The Morgan fingerprint density at radius 1 is 0.914 bits per heavy atom.